The van der Waals surface area contributed by atoms with Crippen LogP contribution >= 0.6 is 23.3 Å². The Kier molecular flexibility index (Phi) is 7.00. The van der Waals surface area contributed by atoms with E-state index in [0.29, 0.717) is 6.04 Å². The molecule has 0 aromatic carbocycles. The van der Waals surface area contributed by atoms with Crippen molar-refractivity contribution in [2.45, 2.75) is 50.4 Å². The smallest absolute Gasteiger partial charge is 0.170 e. The number of hydrogen-bond acceptors (Lipinski definition) is 5. The summed E-state index contributed by atoms with van der Waals surface area (Å²) in [6, 6.07) is 0.610. The van der Waals surface area contributed by atoms with Gasteiger partial charge in [-0.2, -0.15) is 4.37 Å². The second kappa shape index (κ2) is 8.03. The van der Waals surface area contributed by atoms with E-state index < -0.39 is 0 Å². The zero-order chi connectivity index (χ0) is 11.8. The normalized spacial score (nSPS) is 12.9. The second-order valence-electron chi connectivity index (χ2n) is 3.86. The Morgan fingerprint density at radius 1 is 1.38 bits per heavy atom. The fraction of sp³-hybridized carbons (Fsp3) is 0.818. The van der Waals surface area contributed by atoms with Crippen molar-refractivity contribution in [1.82, 2.24) is 14.7 Å². The van der Waals surface area contributed by atoms with E-state index in [-0.39, 0.29) is 0 Å². The van der Waals surface area contributed by atoms with Gasteiger partial charge in [-0.3, -0.25) is 0 Å². The standard InChI is InChI=1S/C11H21N3S2/c1-4-6-10(12-7-5-2)8-15-11-13-9(3)14-16-11/h10,12H,4-8H2,1-3H3. The Bertz CT molecular complexity index is 289. The van der Waals surface area contributed by atoms with Gasteiger partial charge in [0.1, 0.15) is 5.82 Å². The highest BCUT2D eigenvalue weighted by Gasteiger charge is 2.09. The van der Waals surface area contributed by atoms with Gasteiger partial charge in [0.15, 0.2) is 4.34 Å². The van der Waals surface area contributed by atoms with Crippen LogP contribution in [0.5, 0.6) is 0 Å². The maximum Gasteiger partial charge on any atom is 0.170 e. The van der Waals surface area contributed by atoms with Crippen molar-refractivity contribution in [3.05, 3.63) is 5.82 Å². The van der Waals surface area contributed by atoms with Crippen molar-refractivity contribution < 1.29 is 0 Å². The van der Waals surface area contributed by atoms with Gasteiger partial charge >= 0.3 is 0 Å². The van der Waals surface area contributed by atoms with E-state index in [0.717, 1.165) is 22.5 Å². The minimum absolute atomic E-state index is 0.610. The molecule has 0 fully saturated rings. The second-order valence-corrected chi connectivity index (χ2v) is 5.88. The van der Waals surface area contributed by atoms with E-state index in [1.165, 1.54) is 30.8 Å². The maximum absolute atomic E-state index is 4.37. The third-order valence-electron chi connectivity index (χ3n) is 2.24. The molecule has 0 aliphatic carbocycles. The van der Waals surface area contributed by atoms with Crippen LogP contribution in [0.25, 0.3) is 0 Å². The lowest BCUT2D eigenvalue weighted by Crippen LogP contribution is -2.31. The molecule has 5 heteroatoms. The lowest BCUT2D eigenvalue weighted by Gasteiger charge is -2.16. The molecule has 0 saturated heterocycles. The predicted molar refractivity (Wildman–Crippen MR) is 72.4 cm³/mol. The molecule has 1 aromatic heterocycles. The summed E-state index contributed by atoms with van der Waals surface area (Å²) in [5.41, 5.74) is 0. The molecule has 0 aliphatic rings. The molecular formula is C11H21N3S2. The number of thioether (sulfide) groups is 1. The first-order valence-corrected chi connectivity index (χ1v) is 7.68. The van der Waals surface area contributed by atoms with Gasteiger partial charge < -0.3 is 5.32 Å². The molecule has 0 bridgehead atoms. The molecule has 1 N–H and O–H groups in total. The van der Waals surface area contributed by atoms with Crippen molar-refractivity contribution in [3.63, 3.8) is 0 Å². The Balaban J connectivity index is 2.30. The van der Waals surface area contributed by atoms with Crippen LogP contribution in [0.1, 0.15) is 38.9 Å². The average Bonchev–Trinajstić information content (AvgIpc) is 2.68. The first-order chi connectivity index (χ1) is 7.76. The van der Waals surface area contributed by atoms with Crippen LogP contribution < -0.4 is 5.32 Å². The molecule has 0 saturated carbocycles. The summed E-state index contributed by atoms with van der Waals surface area (Å²) in [6.45, 7) is 7.50. The number of aryl methyl sites for hydroxylation is 1. The summed E-state index contributed by atoms with van der Waals surface area (Å²) in [6.07, 6.45) is 3.67. The van der Waals surface area contributed by atoms with Crippen LogP contribution in [-0.2, 0) is 0 Å². The third kappa shape index (κ3) is 5.27. The van der Waals surface area contributed by atoms with Crippen molar-refractivity contribution in [3.8, 4) is 0 Å². The van der Waals surface area contributed by atoms with E-state index >= 15 is 0 Å². The first-order valence-electron chi connectivity index (χ1n) is 5.92. The fourth-order valence-corrected chi connectivity index (χ4v) is 3.23. The van der Waals surface area contributed by atoms with Gasteiger partial charge in [0, 0.05) is 11.8 Å². The fourth-order valence-electron chi connectivity index (χ4n) is 1.45. The van der Waals surface area contributed by atoms with Crippen LogP contribution in [-0.4, -0.2) is 27.7 Å². The van der Waals surface area contributed by atoms with Gasteiger partial charge in [-0.25, -0.2) is 4.98 Å². The molecule has 1 atom stereocenters. The van der Waals surface area contributed by atoms with Crippen LogP contribution in [0.15, 0.2) is 4.34 Å². The molecule has 0 spiro atoms. The average molecular weight is 259 g/mol. The lowest BCUT2D eigenvalue weighted by molar-refractivity contribution is 0.514. The maximum atomic E-state index is 4.37. The lowest BCUT2D eigenvalue weighted by atomic mass is 10.2. The SMILES string of the molecule is CCCNC(CCC)CSc1nc(C)ns1. The Labute approximate surface area is 107 Å². The highest BCUT2D eigenvalue weighted by Crippen LogP contribution is 2.21. The molecule has 1 aromatic rings. The van der Waals surface area contributed by atoms with Gasteiger partial charge in [-0.1, -0.05) is 32.0 Å². The Morgan fingerprint density at radius 2 is 2.19 bits per heavy atom. The van der Waals surface area contributed by atoms with E-state index in [4.69, 9.17) is 0 Å². The zero-order valence-electron chi connectivity index (χ0n) is 10.3. The number of nitrogens with zero attached hydrogens (tertiary/aromatic N) is 2. The topological polar surface area (TPSA) is 37.8 Å². The summed E-state index contributed by atoms with van der Waals surface area (Å²) in [5.74, 6) is 1.99. The molecule has 0 amide bonds. The molecule has 92 valence electrons. The predicted octanol–water partition coefficient (Wildman–Crippen LogP) is 3.11. The summed E-state index contributed by atoms with van der Waals surface area (Å²) >= 11 is 3.33. The molecule has 3 nitrogen and oxygen atoms in total. The van der Waals surface area contributed by atoms with Gasteiger partial charge in [-0.15, -0.1) is 0 Å². The third-order valence-corrected chi connectivity index (χ3v) is 4.32. The van der Waals surface area contributed by atoms with E-state index in [1.54, 1.807) is 0 Å². The first kappa shape index (κ1) is 13.9. The number of nitrogens with one attached hydrogen (secondary N) is 1. The monoisotopic (exact) mass is 259 g/mol. The quantitative estimate of drug-likeness (QED) is 0.728. The van der Waals surface area contributed by atoms with Gasteiger partial charge in [0.25, 0.3) is 0 Å². The summed E-state index contributed by atoms with van der Waals surface area (Å²) in [5, 5.41) is 3.58. The Hall–Kier alpha value is -0.130. The number of rotatable bonds is 8. The molecule has 1 unspecified atom stereocenters. The molecule has 1 heterocycles. The minimum Gasteiger partial charge on any atom is -0.313 e. The number of hydrogen-bond donors (Lipinski definition) is 1. The molecule has 1 rings (SSSR count). The Morgan fingerprint density at radius 3 is 2.75 bits per heavy atom. The van der Waals surface area contributed by atoms with Gasteiger partial charge in [-0.05, 0) is 37.8 Å². The number of aromatic nitrogens is 2. The zero-order valence-corrected chi connectivity index (χ0v) is 12.0. The van der Waals surface area contributed by atoms with Gasteiger partial charge in [0.2, 0.25) is 0 Å². The molecule has 16 heavy (non-hydrogen) atoms. The van der Waals surface area contributed by atoms with Crippen LogP contribution in [0, 0.1) is 6.92 Å². The minimum atomic E-state index is 0.610. The van der Waals surface area contributed by atoms with Crippen LogP contribution in [0.3, 0.4) is 0 Å². The summed E-state index contributed by atoms with van der Waals surface area (Å²) in [4.78, 5) is 4.37. The van der Waals surface area contributed by atoms with Crippen molar-refractivity contribution in [2.75, 3.05) is 12.3 Å². The van der Waals surface area contributed by atoms with Crippen molar-refractivity contribution >= 4 is 23.3 Å². The van der Waals surface area contributed by atoms with Crippen LogP contribution in [0.2, 0.25) is 0 Å². The summed E-state index contributed by atoms with van der Waals surface area (Å²) in [7, 11) is 0. The van der Waals surface area contributed by atoms with E-state index in [2.05, 4.69) is 28.5 Å². The molecule has 0 radical (unpaired) electrons. The highest BCUT2D eigenvalue weighted by molar-refractivity contribution is 8.00. The largest absolute Gasteiger partial charge is 0.313 e. The van der Waals surface area contributed by atoms with Crippen molar-refractivity contribution in [1.29, 1.82) is 0 Å². The van der Waals surface area contributed by atoms with Crippen LogP contribution in [0.4, 0.5) is 0 Å². The highest BCUT2D eigenvalue weighted by atomic mass is 32.2. The van der Waals surface area contributed by atoms with Crippen molar-refractivity contribution in [2.24, 2.45) is 0 Å². The summed E-state index contributed by atoms with van der Waals surface area (Å²) < 4.78 is 5.29. The molecule has 0 aliphatic heterocycles. The molecular weight excluding hydrogens is 238 g/mol. The van der Waals surface area contributed by atoms with Gasteiger partial charge in [0.05, 0.1) is 0 Å². The van der Waals surface area contributed by atoms with E-state index in [1.807, 2.05) is 18.7 Å². The van der Waals surface area contributed by atoms with E-state index in [9.17, 15) is 0 Å².